The van der Waals surface area contributed by atoms with E-state index in [0.29, 0.717) is 34.8 Å². The summed E-state index contributed by atoms with van der Waals surface area (Å²) in [4.78, 5) is 22.9. The van der Waals surface area contributed by atoms with Crippen LogP contribution in [0.5, 0.6) is 0 Å². The molecule has 4 rings (SSSR count). The number of likely N-dealkylation sites (tertiary alicyclic amines) is 1. The fraction of sp³-hybridized carbons (Fsp3) is 0.333. The Kier molecular flexibility index (Phi) is 5.74. The molecule has 0 bridgehead atoms. The van der Waals surface area contributed by atoms with Gasteiger partial charge in [-0.1, -0.05) is 6.92 Å². The van der Waals surface area contributed by atoms with Crippen molar-refractivity contribution in [2.24, 2.45) is 16.7 Å². The number of amidine groups is 1. The Morgan fingerprint density at radius 3 is 2.72 bits per heavy atom. The summed E-state index contributed by atoms with van der Waals surface area (Å²) in [7, 11) is 0. The van der Waals surface area contributed by atoms with E-state index in [4.69, 9.17) is 11.6 Å². The highest BCUT2D eigenvalue weighted by atomic mass is 19.3. The van der Waals surface area contributed by atoms with Gasteiger partial charge >= 0.3 is 0 Å². The number of rotatable bonds is 5. The maximum atomic E-state index is 13.4. The zero-order valence-electron chi connectivity index (χ0n) is 17.6. The van der Waals surface area contributed by atoms with Gasteiger partial charge in [0.25, 0.3) is 11.8 Å². The molecule has 0 aromatic carbocycles. The van der Waals surface area contributed by atoms with Gasteiger partial charge in [0.2, 0.25) is 0 Å². The Morgan fingerprint density at radius 2 is 2.00 bits per heavy atom. The zero-order chi connectivity index (χ0) is 22.9. The number of alkyl halides is 2. The van der Waals surface area contributed by atoms with Crippen LogP contribution in [0, 0.1) is 0 Å². The van der Waals surface area contributed by atoms with Crippen LogP contribution in [0.25, 0.3) is 16.7 Å². The lowest BCUT2D eigenvalue weighted by atomic mass is 10.1. The minimum Gasteiger partial charge on any atom is -0.386 e. The Labute approximate surface area is 183 Å². The van der Waals surface area contributed by atoms with E-state index < -0.39 is 5.92 Å². The molecule has 1 fully saturated rings. The molecule has 0 saturated carbocycles. The molecule has 1 aliphatic heterocycles. The van der Waals surface area contributed by atoms with Crippen LogP contribution in [0.1, 0.15) is 36.5 Å². The van der Waals surface area contributed by atoms with E-state index in [9.17, 15) is 13.6 Å². The molecule has 32 heavy (non-hydrogen) atoms. The van der Waals surface area contributed by atoms with Gasteiger partial charge in [-0.3, -0.25) is 14.3 Å². The lowest BCUT2D eigenvalue weighted by Gasteiger charge is -2.31. The number of piperidine rings is 1. The summed E-state index contributed by atoms with van der Waals surface area (Å²) in [5, 5.41) is 5.98. The molecule has 168 valence electrons. The second-order valence-corrected chi connectivity index (χ2v) is 7.66. The van der Waals surface area contributed by atoms with E-state index in [2.05, 4.69) is 15.1 Å². The van der Waals surface area contributed by atoms with Crippen LogP contribution in [0.15, 0.2) is 48.1 Å². The number of carbonyl (C=O) groups is 1. The van der Waals surface area contributed by atoms with Crippen LogP contribution in [-0.2, 0) is 0 Å². The van der Waals surface area contributed by atoms with Crippen molar-refractivity contribution in [2.45, 2.75) is 32.1 Å². The highest BCUT2D eigenvalue weighted by molar-refractivity contribution is 5.97. The summed E-state index contributed by atoms with van der Waals surface area (Å²) in [6, 6.07) is 5.32. The number of nitrogens with two attached hydrogens (primary N) is 2. The van der Waals surface area contributed by atoms with Crippen molar-refractivity contribution in [1.82, 2.24) is 19.4 Å². The molecule has 4 N–H and O–H groups in total. The number of hydrazine groups is 1. The molecule has 11 heteroatoms. The molecule has 1 amide bonds. The minimum atomic E-state index is -2.70. The van der Waals surface area contributed by atoms with E-state index in [0.717, 1.165) is 10.5 Å². The number of hydrazone groups is 1. The first kappa shape index (κ1) is 21.6. The summed E-state index contributed by atoms with van der Waals surface area (Å²) in [5.41, 5.74) is 7.96. The van der Waals surface area contributed by atoms with Crippen molar-refractivity contribution < 1.29 is 13.6 Å². The quantitative estimate of drug-likeness (QED) is 0.271. The maximum Gasteiger partial charge on any atom is 0.255 e. The molecular weight excluding hydrogens is 418 g/mol. The summed E-state index contributed by atoms with van der Waals surface area (Å²) in [5.74, 6) is 3.35. The van der Waals surface area contributed by atoms with Gasteiger partial charge < -0.3 is 10.6 Å². The van der Waals surface area contributed by atoms with Crippen LogP contribution >= 0.6 is 0 Å². The zero-order valence-corrected chi connectivity index (χ0v) is 17.6. The van der Waals surface area contributed by atoms with Gasteiger partial charge in [0.1, 0.15) is 11.5 Å². The monoisotopic (exact) mass is 442 g/mol. The Bertz CT molecular complexity index is 1170. The van der Waals surface area contributed by atoms with Gasteiger partial charge in [0, 0.05) is 50.1 Å². The van der Waals surface area contributed by atoms with Crippen molar-refractivity contribution >= 4 is 28.5 Å². The first-order chi connectivity index (χ1) is 15.3. The number of fused-ring (bicyclic) bond motifs is 1. The molecule has 0 spiro atoms. The molecule has 1 saturated heterocycles. The van der Waals surface area contributed by atoms with Crippen molar-refractivity contribution in [2.75, 3.05) is 18.2 Å². The van der Waals surface area contributed by atoms with Gasteiger partial charge in [-0.15, -0.1) is 5.10 Å². The second-order valence-electron chi connectivity index (χ2n) is 7.66. The molecule has 9 nitrogen and oxygen atoms in total. The molecule has 3 aromatic rings. The number of aromatic nitrogens is 3. The Morgan fingerprint density at radius 1 is 1.25 bits per heavy atom. The number of carbonyl (C=O) groups excluding carboxylic acids is 1. The molecule has 0 unspecified atom stereocenters. The van der Waals surface area contributed by atoms with Gasteiger partial charge in [-0.05, 0) is 18.2 Å². The lowest BCUT2D eigenvalue weighted by Crippen LogP contribution is -2.42. The smallest absolute Gasteiger partial charge is 0.255 e. The lowest BCUT2D eigenvalue weighted by molar-refractivity contribution is -0.0494. The van der Waals surface area contributed by atoms with Crippen LogP contribution in [0.3, 0.4) is 0 Å². The van der Waals surface area contributed by atoms with E-state index >= 15 is 0 Å². The highest BCUT2D eigenvalue weighted by Crippen LogP contribution is 2.29. The summed E-state index contributed by atoms with van der Waals surface area (Å²) in [6.45, 7) is 1.94. The fourth-order valence-corrected chi connectivity index (χ4v) is 3.51. The second kappa shape index (κ2) is 8.50. The predicted molar refractivity (Wildman–Crippen MR) is 118 cm³/mol. The standard InChI is InChI=1S/C21H24F2N8O/c1-2-18(24)28-31(25)17-10-16(12-26-13-17)30-6-3-14-9-15(11-27-19(14)30)20(32)29-7-4-21(22,23)5-8-29/h3,6,9-13H,2,4-5,7-8,25H2,1H3,(H2,24,28). The number of anilines is 1. The topological polar surface area (TPSA) is 119 Å². The molecule has 0 aliphatic carbocycles. The van der Waals surface area contributed by atoms with Crippen molar-refractivity contribution in [1.29, 1.82) is 0 Å². The number of nitrogens with zero attached hydrogens (tertiary/aromatic N) is 6. The summed E-state index contributed by atoms with van der Waals surface area (Å²) in [6.07, 6.45) is 6.41. The third-order valence-corrected chi connectivity index (χ3v) is 5.41. The number of hydrogen-bond acceptors (Lipinski definition) is 6. The van der Waals surface area contributed by atoms with Crippen molar-refractivity contribution in [3.8, 4) is 5.69 Å². The summed E-state index contributed by atoms with van der Waals surface area (Å²) < 4.78 is 28.6. The Balaban J connectivity index is 1.59. The van der Waals surface area contributed by atoms with E-state index in [1.807, 2.05) is 17.6 Å². The first-order valence-corrected chi connectivity index (χ1v) is 10.2. The highest BCUT2D eigenvalue weighted by Gasteiger charge is 2.35. The third-order valence-electron chi connectivity index (χ3n) is 5.41. The third kappa shape index (κ3) is 4.37. The fourth-order valence-electron chi connectivity index (χ4n) is 3.51. The summed E-state index contributed by atoms with van der Waals surface area (Å²) >= 11 is 0. The van der Waals surface area contributed by atoms with Crippen LogP contribution in [-0.4, -0.2) is 50.2 Å². The maximum absolute atomic E-state index is 13.4. The molecule has 1 aliphatic rings. The van der Waals surface area contributed by atoms with Crippen LogP contribution < -0.4 is 16.7 Å². The van der Waals surface area contributed by atoms with Gasteiger partial charge in [0.15, 0.2) is 0 Å². The molecule has 0 atom stereocenters. The average Bonchev–Trinajstić information content (AvgIpc) is 3.22. The number of amides is 1. The van der Waals surface area contributed by atoms with E-state index in [-0.39, 0.29) is 31.8 Å². The van der Waals surface area contributed by atoms with Gasteiger partial charge in [-0.2, -0.15) is 5.12 Å². The first-order valence-electron chi connectivity index (χ1n) is 10.2. The number of halogens is 2. The molecule has 3 aromatic heterocycles. The van der Waals surface area contributed by atoms with Gasteiger partial charge in [-0.25, -0.2) is 19.6 Å². The normalized spacial score (nSPS) is 16.4. The largest absolute Gasteiger partial charge is 0.386 e. The minimum absolute atomic E-state index is 0.0317. The molecule has 4 heterocycles. The number of hydrogen-bond donors (Lipinski definition) is 2. The van der Waals surface area contributed by atoms with Crippen LogP contribution in [0.4, 0.5) is 14.5 Å². The number of pyridine rings is 2. The SMILES string of the molecule is CC/C(N)=N/N(N)c1cncc(-n2ccc3cc(C(=O)N4CCC(F)(F)CC4)cnc32)c1. The van der Waals surface area contributed by atoms with E-state index in [1.54, 1.807) is 30.7 Å². The molecule has 0 radical (unpaired) electrons. The van der Waals surface area contributed by atoms with Crippen LogP contribution in [0.2, 0.25) is 0 Å². The van der Waals surface area contributed by atoms with Crippen molar-refractivity contribution in [3.63, 3.8) is 0 Å². The van der Waals surface area contributed by atoms with Crippen molar-refractivity contribution in [3.05, 3.63) is 48.5 Å². The van der Waals surface area contributed by atoms with Gasteiger partial charge in [0.05, 0.1) is 29.3 Å². The van der Waals surface area contributed by atoms with E-state index in [1.165, 1.54) is 11.1 Å². The molecular formula is C21H24F2N8O. The Hall–Kier alpha value is -3.60. The average molecular weight is 442 g/mol. The predicted octanol–water partition coefficient (Wildman–Crippen LogP) is 2.65.